The molecule has 5 nitrogen and oxygen atoms in total. The lowest BCUT2D eigenvalue weighted by Crippen LogP contribution is -2.34. The van der Waals surface area contributed by atoms with Gasteiger partial charge in [-0.05, 0) is 43.3 Å². The summed E-state index contributed by atoms with van der Waals surface area (Å²) in [5, 5.41) is 0. The van der Waals surface area contributed by atoms with E-state index in [1.54, 1.807) is 29.2 Å². The summed E-state index contributed by atoms with van der Waals surface area (Å²) in [4.78, 5) is 25.3. The number of rotatable bonds is 6. The molecule has 0 saturated heterocycles. The van der Waals surface area contributed by atoms with Crippen LogP contribution in [0.1, 0.15) is 17.3 Å². The second-order valence-corrected chi connectivity index (χ2v) is 4.78. The summed E-state index contributed by atoms with van der Waals surface area (Å²) in [5.74, 6) is -0.0141. The SMILES string of the molecule is CCN(C(=O)COc1ccc(C(=O)OC)cc1)c1ccccc1. The highest BCUT2D eigenvalue weighted by Gasteiger charge is 2.14. The van der Waals surface area contributed by atoms with Crippen molar-refractivity contribution in [2.75, 3.05) is 25.2 Å². The van der Waals surface area contributed by atoms with Crippen LogP contribution in [0.15, 0.2) is 54.6 Å². The average molecular weight is 313 g/mol. The molecule has 0 aliphatic rings. The van der Waals surface area contributed by atoms with E-state index in [0.29, 0.717) is 17.9 Å². The Labute approximate surface area is 135 Å². The number of nitrogens with zero attached hydrogens (tertiary/aromatic N) is 1. The molecule has 0 fully saturated rings. The van der Waals surface area contributed by atoms with Crippen molar-refractivity contribution in [3.8, 4) is 5.75 Å². The number of hydrogen-bond acceptors (Lipinski definition) is 4. The normalized spacial score (nSPS) is 10.0. The number of anilines is 1. The minimum Gasteiger partial charge on any atom is -0.484 e. The molecule has 2 aromatic carbocycles. The smallest absolute Gasteiger partial charge is 0.337 e. The van der Waals surface area contributed by atoms with Crippen molar-refractivity contribution in [2.45, 2.75) is 6.92 Å². The fourth-order valence-corrected chi connectivity index (χ4v) is 2.14. The molecule has 0 radical (unpaired) electrons. The number of amides is 1. The van der Waals surface area contributed by atoms with Crippen LogP contribution >= 0.6 is 0 Å². The molecule has 0 heterocycles. The Morgan fingerprint density at radius 1 is 1.00 bits per heavy atom. The highest BCUT2D eigenvalue weighted by molar-refractivity contribution is 5.94. The van der Waals surface area contributed by atoms with Gasteiger partial charge >= 0.3 is 5.97 Å². The second kappa shape index (κ2) is 7.98. The number of ether oxygens (including phenoxy) is 2. The molecule has 0 saturated carbocycles. The van der Waals surface area contributed by atoms with Crippen molar-refractivity contribution in [1.29, 1.82) is 0 Å². The van der Waals surface area contributed by atoms with Crippen molar-refractivity contribution in [2.24, 2.45) is 0 Å². The van der Waals surface area contributed by atoms with E-state index in [2.05, 4.69) is 4.74 Å². The first-order chi connectivity index (χ1) is 11.2. The lowest BCUT2D eigenvalue weighted by atomic mass is 10.2. The predicted molar refractivity (Wildman–Crippen MR) is 87.7 cm³/mol. The van der Waals surface area contributed by atoms with Gasteiger partial charge < -0.3 is 14.4 Å². The highest BCUT2D eigenvalue weighted by atomic mass is 16.5. The van der Waals surface area contributed by atoms with E-state index >= 15 is 0 Å². The molecule has 2 aromatic rings. The molecular formula is C18H19NO4. The van der Waals surface area contributed by atoms with Gasteiger partial charge in [0.25, 0.3) is 5.91 Å². The van der Waals surface area contributed by atoms with Gasteiger partial charge in [-0.2, -0.15) is 0 Å². The first kappa shape index (κ1) is 16.5. The van der Waals surface area contributed by atoms with Crippen LogP contribution in [0.4, 0.5) is 5.69 Å². The van der Waals surface area contributed by atoms with Gasteiger partial charge in [0.1, 0.15) is 5.75 Å². The molecule has 23 heavy (non-hydrogen) atoms. The zero-order chi connectivity index (χ0) is 16.7. The van der Waals surface area contributed by atoms with Crippen LogP contribution in [0.5, 0.6) is 5.75 Å². The van der Waals surface area contributed by atoms with E-state index in [9.17, 15) is 9.59 Å². The molecule has 0 bridgehead atoms. The Morgan fingerprint density at radius 3 is 2.22 bits per heavy atom. The summed E-state index contributed by atoms with van der Waals surface area (Å²) in [5.41, 5.74) is 1.27. The standard InChI is InChI=1S/C18H19NO4/c1-3-19(15-7-5-4-6-8-15)17(20)13-23-16-11-9-14(10-12-16)18(21)22-2/h4-12H,3,13H2,1-2H3. The van der Waals surface area contributed by atoms with Gasteiger partial charge in [0.15, 0.2) is 6.61 Å². The van der Waals surface area contributed by atoms with Gasteiger partial charge in [-0.25, -0.2) is 4.79 Å². The van der Waals surface area contributed by atoms with E-state index in [1.807, 2.05) is 37.3 Å². The second-order valence-electron chi connectivity index (χ2n) is 4.78. The summed E-state index contributed by atoms with van der Waals surface area (Å²) in [6, 6.07) is 15.9. The number of benzene rings is 2. The Morgan fingerprint density at radius 2 is 1.65 bits per heavy atom. The van der Waals surface area contributed by atoms with Crippen molar-refractivity contribution in [3.05, 3.63) is 60.2 Å². The minimum absolute atomic E-state index is 0.0691. The molecule has 0 atom stereocenters. The lowest BCUT2D eigenvalue weighted by molar-refractivity contribution is -0.120. The minimum atomic E-state index is -0.408. The molecular weight excluding hydrogens is 294 g/mol. The third kappa shape index (κ3) is 4.32. The molecule has 0 unspecified atom stereocenters. The molecule has 0 aliphatic carbocycles. The fraction of sp³-hybridized carbons (Fsp3) is 0.222. The fourth-order valence-electron chi connectivity index (χ4n) is 2.14. The number of esters is 1. The van der Waals surface area contributed by atoms with Gasteiger partial charge in [-0.3, -0.25) is 4.79 Å². The molecule has 5 heteroatoms. The van der Waals surface area contributed by atoms with Crippen LogP contribution in [-0.4, -0.2) is 32.1 Å². The first-order valence-electron chi connectivity index (χ1n) is 7.32. The van der Waals surface area contributed by atoms with Gasteiger partial charge in [-0.1, -0.05) is 18.2 Å². The first-order valence-corrected chi connectivity index (χ1v) is 7.32. The predicted octanol–water partition coefficient (Wildman–Crippen LogP) is 2.91. The van der Waals surface area contributed by atoms with Crippen LogP contribution in [0, 0.1) is 0 Å². The monoisotopic (exact) mass is 313 g/mol. The largest absolute Gasteiger partial charge is 0.484 e. The zero-order valence-electron chi connectivity index (χ0n) is 13.2. The molecule has 1 amide bonds. The third-order valence-corrected chi connectivity index (χ3v) is 3.32. The molecule has 0 spiro atoms. The summed E-state index contributed by atoms with van der Waals surface area (Å²) in [7, 11) is 1.33. The number of methoxy groups -OCH3 is 1. The number of carbonyl (C=O) groups excluding carboxylic acids is 2. The Balaban J connectivity index is 1.97. The zero-order valence-corrected chi connectivity index (χ0v) is 13.2. The van der Waals surface area contributed by atoms with E-state index in [-0.39, 0.29) is 12.5 Å². The van der Waals surface area contributed by atoms with Crippen molar-refractivity contribution in [1.82, 2.24) is 0 Å². The van der Waals surface area contributed by atoms with Gasteiger partial charge in [0.05, 0.1) is 12.7 Å². The summed E-state index contributed by atoms with van der Waals surface area (Å²) >= 11 is 0. The van der Waals surface area contributed by atoms with Crippen molar-refractivity contribution in [3.63, 3.8) is 0 Å². The van der Waals surface area contributed by atoms with Gasteiger partial charge in [0, 0.05) is 12.2 Å². The Kier molecular flexibility index (Phi) is 5.74. The van der Waals surface area contributed by atoms with Crippen LogP contribution < -0.4 is 9.64 Å². The van der Waals surface area contributed by atoms with E-state index in [1.165, 1.54) is 7.11 Å². The lowest BCUT2D eigenvalue weighted by Gasteiger charge is -2.21. The maximum absolute atomic E-state index is 12.3. The highest BCUT2D eigenvalue weighted by Crippen LogP contribution is 2.15. The van der Waals surface area contributed by atoms with Crippen LogP contribution in [-0.2, 0) is 9.53 Å². The quantitative estimate of drug-likeness (QED) is 0.770. The van der Waals surface area contributed by atoms with Gasteiger partial charge in [0.2, 0.25) is 0 Å². The maximum atomic E-state index is 12.3. The third-order valence-electron chi connectivity index (χ3n) is 3.32. The average Bonchev–Trinajstić information content (AvgIpc) is 2.61. The number of para-hydroxylation sites is 1. The number of hydrogen-bond donors (Lipinski definition) is 0. The van der Waals surface area contributed by atoms with E-state index in [4.69, 9.17) is 4.74 Å². The molecule has 120 valence electrons. The Hall–Kier alpha value is -2.82. The summed E-state index contributed by atoms with van der Waals surface area (Å²) in [6.45, 7) is 2.41. The van der Waals surface area contributed by atoms with E-state index in [0.717, 1.165) is 5.69 Å². The topological polar surface area (TPSA) is 55.8 Å². The van der Waals surface area contributed by atoms with Crippen molar-refractivity contribution >= 4 is 17.6 Å². The molecule has 2 rings (SSSR count). The van der Waals surface area contributed by atoms with E-state index < -0.39 is 5.97 Å². The molecule has 0 aromatic heterocycles. The Bertz CT molecular complexity index is 652. The molecule has 0 aliphatic heterocycles. The van der Waals surface area contributed by atoms with Crippen LogP contribution in [0.2, 0.25) is 0 Å². The maximum Gasteiger partial charge on any atom is 0.337 e. The molecule has 0 N–H and O–H groups in total. The summed E-state index contributed by atoms with van der Waals surface area (Å²) in [6.07, 6.45) is 0. The van der Waals surface area contributed by atoms with Crippen LogP contribution in [0.25, 0.3) is 0 Å². The summed E-state index contributed by atoms with van der Waals surface area (Å²) < 4.78 is 10.1. The number of likely N-dealkylation sites (N-methyl/N-ethyl adjacent to an activating group) is 1. The number of carbonyl (C=O) groups is 2. The van der Waals surface area contributed by atoms with Crippen molar-refractivity contribution < 1.29 is 19.1 Å². The van der Waals surface area contributed by atoms with Crippen LogP contribution in [0.3, 0.4) is 0 Å². The van der Waals surface area contributed by atoms with Gasteiger partial charge in [-0.15, -0.1) is 0 Å².